The summed E-state index contributed by atoms with van der Waals surface area (Å²) in [5.41, 5.74) is 0.602. The Kier molecular flexibility index (Phi) is 6.79. The van der Waals surface area contributed by atoms with E-state index in [1.54, 1.807) is 24.3 Å². The molecule has 0 aliphatic carbocycles. The number of halogens is 1. The molecule has 0 bridgehead atoms. The Morgan fingerprint density at radius 3 is 2.63 bits per heavy atom. The molecule has 3 rings (SSSR count). The predicted octanol–water partition coefficient (Wildman–Crippen LogP) is 2.46. The first-order valence-corrected chi connectivity index (χ1v) is 9.26. The van der Waals surface area contributed by atoms with Gasteiger partial charge < -0.3 is 20.1 Å². The topological polar surface area (TPSA) is 61.8 Å². The number of hydrogen-bond donors (Lipinski definition) is 2. The van der Waals surface area contributed by atoms with Gasteiger partial charge in [-0.25, -0.2) is 4.39 Å². The average Bonchev–Trinajstić information content (AvgIpc) is 2.69. The molecule has 0 spiro atoms. The van der Waals surface area contributed by atoms with Crippen LogP contribution in [0.5, 0.6) is 5.75 Å². The predicted molar refractivity (Wildman–Crippen MR) is 101 cm³/mol. The van der Waals surface area contributed by atoms with Crippen LogP contribution in [0.2, 0.25) is 0 Å². The van der Waals surface area contributed by atoms with E-state index >= 15 is 0 Å². The van der Waals surface area contributed by atoms with E-state index in [1.807, 2.05) is 18.2 Å². The smallest absolute Gasteiger partial charge is 0.251 e. The number of ether oxygens (including phenoxy) is 1. The number of likely N-dealkylation sites (tertiary alicyclic amines) is 1. The van der Waals surface area contributed by atoms with Gasteiger partial charge in [0.25, 0.3) is 5.91 Å². The molecule has 2 aromatic rings. The van der Waals surface area contributed by atoms with Crippen molar-refractivity contribution in [3.05, 3.63) is 66.0 Å². The van der Waals surface area contributed by atoms with Crippen LogP contribution in [0, 0.1) is 5.82 Å². The van der Waals surface area contributed by atoms with Crippen LogP contribution in [-0.2, 0) is 0 Å². The summed E-state index contributed by atoms with van der Waals surface area (Å²) in [5.74, 6) is 0.220. The number of aliphatic hydroxyl groups excluding tert-OH is 1. The lowest BCUT2D eigenvalue weighted by molar-refractivity contribution is 0.0363. The molecule has 2 unspecified atom stereocenters. The number of β-amino-alcohol motifs (C(OH)–C–C–N with tert-alkyl or cyclic N) is 1. The van der Waals surface area contributed by atoms with Gasteiger partial charge in [0.1, 0.15) is 11.6 Å². The Balaban J connectivity index is 1.37. The highest BCUT2D eigenvalue weighted by molar-refractivity contribution is 5.94. The molecular formula is C21H25FN2O3. The van der Waals surface area contributed by atoms with Gasteiger partial charge in [-0.15, -0.1) is 0 Å². The summed E-state index contributed by atoms with van der Waals surface area (Å²) in [6.07, 6.45) is 0.924. The Bertz CT molecular complexity index is 724. The van der Waals surface area contributed by atoms with Crippen molar-refractivity contribution in [1.29, 1.82) is 0 Å². The zero-order chi connectivity index (χ0) is 19.1. The van der Waals surface area contributed by atoms with Gasteiger partial charge in [0.05, 0.1) is 18.8 Å². The highest BCUT2D eigenvalue weighted by atomic mass is 19.1. The van der Waals surface area contributed by atoms with Crippen molar-refractivity contribution in [3.63, 3.8) is 0 Å². The first kappa shape index (κ1) is 19.3. The summed E-state index contributed by atoms with van der Waals surface area (Å²) in [7, 11) is 0. The van der Waals surface area contributed by atoms with Crippen molar-refractivity contribution in [2.75, 3.05) is 26.2 Å². The van der Waals surface area contributed by atoms with Gasteiger partial charge in [0.15, 0.2) is 0 Å². The minimum atomic E-state index is -0.593. The zero-order valence-corrected chi connectivity index (χ0v) is 15.2. The van der Waals surface area contributed by atoms with Crippen LogP contribution in [0.25, 0.3) is 0 Å². The Morgan fingerprint density at radius 1 is 1.19 bits per heavy atom. The van der Waals surface area contributed by atoms with Crippen molar-refractivity contribution in [3.8, 4) is 5.75 Å². The third kappa shape index (κ3) is 5.77. The van der Waals surface area contributed by atoms with Crippen LogP contribution in [0.1, 0.15) is 23.2 Å². The minimum Gasteiger partial charge on any atom is -0.494 e. The molecule has 0 radical (unpaired) electrons. The molecule has 2 N–H and O–H groups in total. The third-order valence-corrected chi connectivity index (χ3v) is 4.72. The maximum absolute atomic E-state index is 12.8. The normalized spacial score (nSPS) is 20.2. The Hall–Kier alpha value is -2.44. The molecule has 1 amide bonds. The SMILES string of the molecule is O=C(NC1CCN(CCCOc2ccc(F)cc2)CC1O)c1ccccc1. The number of carbonyl (C=O) groups excluding carboxylic acids is 1. The van der Waals surface area contributed by atoms with Gasteiger partial charge in [-0.3, -0.25) is 4.79 Å². The van der Waals surface area contributed by atoms with E-state index in [-0.39, 0.29) is 17.8 Å². The molecule has 2 aromatic carbocycles. The first-order chi connectivity index (χ1) is 13.1. The van der Waals surface area contributed by atoms with Crippen molar-refractivity contribution in [1.82, 2.24) is 10.2 Å². The van der Waals surface area contributed by atoms with E-state index in [0.29, 0.717) is 30.9 Å². The number of piperidine rings is 1. The van der Waals surface area contributed by atoms with E-state index in [4.69, 9.17) is 4.74 Å². The first-order valence-electron chi connectivity index (χ1n) is 9.26. The van der Waals surface area contributed by atoms with Crippen molar-refractivity contribution >= 4 is 5.91 Å². The van der Waals surface area contributed by atoms with E-state index in [1.165, 1.54) is 12.1 Å². The summed E-state index contributed by atoms with van der Waals surface area (Å²) in [6, 6.07) is 14.8. The lowest BCUT2D eigenvalue weighted by atomic mass is 10.0. The fourth-order valence-electron chi connectivity index (χ4n) is 3.22. The average molecular weight is 372 g/mol. The highest BCUT2D eigenvalue weighted by Gasteiger charge is 2.28. The number of nitrogens with zero attached hydrogens (tertiary/aromatic N) is 1. The van der Waals surface area contributed by atoms with Gasteiger partial charge in [-0.2, -0.15) is 0 Å². The Morgan fingerprint density at radius 2 is 1.93 bits per heavy atom. The van der Waals surface area contributed by atoms with E-state index in [0.717, 1.165) is 19.5 Å². The van der Waals surface area contributed by atoms with E-state index < -0.39 is 6.10 Å². The van der Waals surface area contributed by atoms with E-state index in [2.05, 4.69) is 10.2 Å². The van der Waals surface area contributed by atoms with Crippen molar-refractivity contribution < 1.29 is 19.0 Å². The molecule has 0 saturated carbocycles. The van der Waals surface area contributed by atoms with Crippen molar-refractivity contribution in [2.24, 2.45) is 0 Å². The van der Waals surface area contributed by atoms with Crippen molar-refractivity contribution in [2.45, 2.75) is 25.0 Å². The molecule has 1 heterocycles. The summed E-state index contributed by atoms with van der Waals surface area (Å²) in [4.78, 5) is 14.4. The fourth-order valence-corrected chi connectivity index (χ4v) is 3.22. The molecule has 144 valence electrons. The second kappa shape index (κ2) is 9.48. The van der Waals surface area contributed by atoms with Gasteiger partial charge in [-0.1, -0.05) is 18.2 Å². The Labute approximate surface area is 158 Å². The molecule has 5 nitrogen and oxygen atoms in total. The van der Waals surface area contributed by atoms with Crippen LogP contribution < -0.4 is 10.1 Å². The van der Waals surface area contributed by atoms with Crippen LogP contribution in [0.15, 0.2) is 54.6 Å². The number of nitrogens with one attached hydrogen (secondary N) is 1. The third-order valence-electron chi connectivity index (χ3n) is 4.72. The number of aliphatic hydroxyl groups is 1. The number of hydrogen-bond acceptors (Lipinski definition) is 4. The maximum Gasteiger partial charge on any atom is 0.251 e. The van der Waals surface area contributed by atoms with Crippen LogP contribution >= 0.6 is 0 Å². The highest BCUT2D eigenvalue weighted by Crippen LogP contribution is 2.14. The summed E-state index contributed by atoms with van der Waals surface area (Å²) in [6.45, 7) is 2.67. The molecule has 1 aliphatic rings. The lowest BCUT2D eigenvalue weighted by Gasteiger charge is -2.36. The fraction of sp³-hybridized carbons (Fsp3) is 0.381. The monoisotopic (exact) mass is 372 g/mol. The van der Waals surface area contributed by atoms with Gasteiger partial charge >= 0.3 is 0 Å². The van der Waals surface area contributed by atoms with E-state index in [9.17, 15) is 14.3 Å². The van der Waals surface area contributed by atoms with Crippen LogP contribution in [-0.4, -0.2) is 54.3 Å². The minimum absolute atomic E-state index is 0.152. The molecular weight excluding hydrogens is 347 g/mol. The van der Waals surface area contributed by atoms with Gasteiger partial charge in [-0.05, 0) is 49.2 Å². The molecule has 6 heteroatoms. The summed E-state index contributed by atoms with van der Waals surface area (Å²) < 4.78 is 18.4. The quantitative estimate of drug-likeness (QED) is 0.733. The lowest BCUT2D eigenvalue weighted by Crippen LogP contribution is -2.54. The zero-order valence-electron chi connectivity index (χ0n) is 15.2. The second-order valence-electron chi connectivity index (χ2n) is 6.76. The maximum atomic E-state index is 12.8. The van der Waals surface area contributed by atoms with Gasteiger partial charge in [0, 0.05) is 25.2 Å². The summed E-state index contributed by atoms with van der Waals surface area (Å²) >= 11 is 0. The molecule has 2 atom stereocenters. The molecule has 1 aliphatic heterocycles. The number of rotatable bonds is 7. The largest absolute Gasteiger partial charge is 0.494 e. The number of benzene rings is 2. The van der Waals surface area contributed by atoms with Crippen LogP contribution in [0.4, 0.5) is 4.39 Å². The standard InChI is InChI=1S/C21H25FN2O3/c22-17-7-9-18(10-8-17)27-14-4-12-24-13-11-19(20(25)15-24)23-21(26)16-5-2-1-3-6-16/h1-3,5-10,19-20,25H,4,11-15H2,(H,23,26). The number of carbonyl (C=O) groups is 1. The number of amides is 1. The van der Waals surface area contributed by atoms with Gasteiger partial charge in [0.2, 0.25) is 0 Å². The second-order valence-corrected chi connectivity index (χ2v) is 6.76. The molecule has 27 heavy (non-hydrogen) atoms. The summed E-state index contributed by atoms with van der Waals surface area (Å²) in [5, 5.41) is 13.3. The molecule has 0 aromatic heterocycles. The molecule has 1 saturated heterocycles. The van der Waals surface area contributed by atoms with Crippen LogP contribution in [0.3, 0.4) is 0 Å². The molecule has 1 fully saturated rings.